The van der Waals surface area contributed by atoms with E-state index in [9.17, 15) is 13.2 Å². The van der Waals surface area contributed by atoms with Crippen LogP contribution in [0, 0.1) is 0 Å². The van der Waals surface area contributed by atoms with Gasteiger partial charge in [-0.2, -0.15) is 4.31 Å². The van der Waals surface area contributed by atoms with Gasteiger partial charge in [-0.05, 0) is 31.0 Å². The van der Waals surface area contributed by atoms with Gasteiger partial charge in [-0.3, -0.25) is 4.79 Å². The first-order chi connectivity index (χ1) is 12.5. The first-order valence-electron chi connectivity index (χ1n) is 8.59. The molecule has 9 heteroatoms. The monoisotopic (exact) mass is 395 g/mol. The zero-order valence-electron chi connectivity index (χ0n) is 14.7. The van der Waals surface area contributed by atoms with Crippen molar-refractivity contribution in [1.82, 2.24) is 14.5 Å². The third-order valence-corrected chi connectivity index (χ3v) is 7.52. The molecule has 1 heterocycles. The Hall–Kier alpha value is -1.71. The molecule has 7 nitrogen and oxygen atoms in total. The minimum absolute atomic E-state index is 0.127. The van der Waals surface area contributed by atoms with E-state index in [4.69, 9.17) is 4.42 Å². The van der Waals surface area contributed by atoms with E-state index in [0.717, 1.165) is 12.8 Å². The molecule has 1 fully saturated rings. The summed E-state index contributed by atoms with van der Waals surface area (Å²) in [4.78, 5) is 11.9. The molecule has 0 aliphatic heterocycles. The molecular formula is C17H21N3O4S2. The van der Waals surface area contributed by atoms with Crippen molar-refractivity contribution in [1.29, 1.82) is 0 Å². The van der Waals surface area contributed by atoms with Crippen LogP contribution in [0.5, 0.6) is 0 Å². The molecule has 0 saturated heterocycles. The summed E-state index contributed by atoms with van der Waals surface area (Å²) in [5.41, 5.74) is 0.537. The quantitative estimate of drug-likeness (QED) is 0.711. The first-order valence-corrected chi connectivity index (χ1v) is 10.9. The third kappa shape index (κ3) is 3.84. The normalized spacial score (nSPS) is 18.0. The van der Waals surface area contributed by atoms with E-state index >= 15 is 0 Å². The van der Waals surface area contributed by atoms with Crippen molar-refractivity contribution in [2.24, 2.45) is 0 Å². The van der Waals surface area contributed by atoms with Crippen LogP contribution >= 0.6 is 11.8 Å². The van der Waals surface area contributed by atoms with Gasteiger partial charge >= 0.3 is 0 Å². The summed E-state index contributed by atoms with van der Waals surface area (Å²) in [6.07, 6.45) is 2.31. The van der Waals surface area contributed by atoms with Crippen molar-refractivity contribution in [3.8, 4) is 11.5 Å². The van der Waals surface area contributed by atoms with Gasteiger partial charge in [0.25, 0.3) is 5.22 Å². The number of benzene rings is 1. The number of carbonyl (C=O) groups excluding carboxylic acids is 1. The molecule has 2 aromatic rings. The van der Waals surface area contributed by atoms with Crippen LogP contribution in [0.25, 0.3) is 11.5 Å². The van der Waals surface area contributed by atoms with E-state index in [2.05, 4.69) is 10.2 Å². The fourth-order valence-corrected chi connectivity index (χ4v) is 5.40. The van der Waals surface area contributed by atoms with Gasteiger partial charge < -0.3 is 4.42 Å². The van der Waals surface area contributed by atoms with Gasteiger partial charge in [0.15, 0.2) is 0 Å². The van der Waals surface area contributed by atoms with Crippen LogP contribution in [-0.4, -0.2) is 47.0 Å². The van der Waals surface area contributed by atoms with Crippen molar-refractivity contribution < 1.29 is 17.6 Å². The summed E-state index contributed by atoms with van der Waals surface area (Å²) >= 11 is 1.28. The number of ketones is 1. The number of hydrogen-bond donors (Lipinski definition) is 0. The highest BCUT2D eigenvalue weighted by atomic mass is 32.2. The molecule has 0 unspecified atom stereocenters. The zero-order chi connectivity index (χ0) is 18.7. The third-order valence-electron chi connectivity index (χ3n) is 4.32. The number of aromatic nitrogens is 2. The van der Waals surface area contributed by atoms with Crippen molar-refractivity contribution >= 4 is 27.6 Å². The molecule has 1 aromatic heterocycles. The lowest BCUT2D eigenvalue weighted by molar-refractivity contribution is -0.116. The summed E-state index contributed by atoms with van der Waals surface area (Å²) in [6.45, 7) is 4.41. The molecule has 1 aromatic carbocycles. The highest BCUT2D eigenvalue weighted by Gasteiger charge is 2.28. The topological polar surface area (TPSA) is 93.4 Å². The van der Waals surface area contributed by atoms with E-state index in [0.29, 0.717) is 30.3 Å². The maximum Gasteiger partial charge on any atom is 0.277 e. The van der Waals surface area contributed by atoms with Crippen LogP contribution in [-0.2, 0) is 14.8 Å². The molecule has 26 heavy (non-hydrogen) atoms. The Labute approximate surface area is 157 Å². The fraction of sp³-hybridized carbons (Fsp3) is 0.471. The van der Waals surface area contributed by atoms with Crippen LogP contribution in [0.4, 0.5) is 0 Å². The fourth-order valence-electron chi connectivity index (χ4n) is 2.91. The van der Waals surface area contributed by atoms with Gasteiger partial charge in [-0.1, -0.05) is 31.7 Å². The zero-order valence-corrected chi connectivity index (χ0v) is 16.3. The van der Waals surface area contributed by atoms with Crippen molar-refractivity contribution in [2.75, 3.05) is 13.1 Å². The van der Waals surface area contributed by atoms with E-state index in [1.807, 2.05) is 0 Å². The van der Waals surface area contributed by atoms with Gasteiger partial charge in [0.1, 0.15) is 5.78 Å². The SMILES string of the molecule is CCN(CC)S(=O)(=O)c1cccc(-c2nnc(S[C@H]3CCCC3=O)o2)c1. The summed E-state index contributed by atoms with van der Waals surface area (Å²) < 4.78 is 32.4. The van der Waals surface area contributed by atoms with Gasteiger partial charge in [-0.25, -0.2) is 8.42 Å². The Morgan fingerprint density at radius 2 is 2.04 bits per heavy atom. The summed E-state index contributed by atoms with van der Waals surface area (Å²) in [5.74, 6) is 0.455. The lowest BCUT2D eigenvalue weighted by Crippen LogP contribution is -2.30. The second-order valence-electron chi connectivity index (χ2n) is 5.96. The maximum absolute atomic E-state index is 12.7. The van der Waals surface area contributed by atoms with Crippen LogP contribution in [0.2, 0.25) is 0 Å². The van der Waals surface area contributed by atoms with Crippen molar-refractivity contribution in [2.45, 2.75) is 48.5 Å². The predicted molar refractivity (Wildman–Crippen MR) is 98.3 cm³/mol. The van der Waals surface area contributed by atoms with E-state index in [-0.39, 0.29) is 21.8 Å². The highest BCUT2D eigenvalue weighted by Crippen LogP contribution is 2.33. The Bertz CT molecular complexity index is 891. The van der Waals surface area contributed by atoms with E-state index < -0.39 is 10.0 Å². The molecule has 0 amide bonds. The lowest BCUT2D eigenvalue weighted by atomic mass is 10.2. The molecule has 3 rings (SSSR count). The van der Waals surface area contributed by atoms with Crippen molar-refractivity contribution in [3.05, 3.63) is 24.3 Å². The molecule has 0 radical (unpaired) electrons. The summed E-state index contributed by atoms with van der Waals surface area (Å²) in [6, 6.07) is 6.48. The average molecular weight is 396 g/mol. The number of thioether (sulfide) groups is 1. The van der Waals surface area contributed by atoms with Crippen LogP contribution < -0.4 is 0 Å². The van der Waals surface area contributed by atoms with Gasteiger partial charge in [0.05, 0.1) is 10.1 Å². The van der Waals surface area contributed by atoms with Gasteiger partial charge in [0, 0.05) is 25.1 Å². The van der Waals surface area contributed by atoms with Crippen molar-refractivity contribution in [3.63, 3.8) is 0 Å². The molecular weight excluding hydrogens is 374 g/mol. The average Bonchev–Trinajstić information content (AvgIpc) is 3.26. The lowest BCUT2D eigenvalue weighted by Gasteiger charge is -2.18. The summed E-state index contributed by atoms with van der Waals surface area (Å²) in [7, 11) is -3.56. The van der Waals surface area contributed by atoms with E-state index in [1.54, 1.807) is 32.0 Å². The second kappa shape index (κ2) is 7.89. The Morgan fingerprint density at radius 1 is 1.27 bits per heavy atom. The van der Waals surface area contributed by atoms with E-state index in [1.165, 1.54) is 22.1 Å². The molecule has 140 valence electrons. The molecule has 1 aliphatic carbocycles. The smallest absolute Gasteiger partial charge is 0.277 e. The maximum atomic E-state index is 12.7. The van der Waals surface area contributed by atoms with Gasteiger partial charge in [0.2, 0.25) is 15.9 Å². The number of Topliss-reactive ketones (excluding diaryl/α,β-unsaturated/α-hetero) is 1. The highest BCUT2D eigenvalue weighted by molar-refractivity contribution is 8.00. The number of nitrogens with zero attached hydrogens (tertiary/aromatic N) is 3. The molecule has 0 spiro atoms. The molecule has 1 atom stereocenters. The number of rotatable bonds is 7. The van der Waals surface area contributed by atoms with Crippen LogP contribution in [0.15, 0.2) is 38.8 Å². The summed E-state index contributed by atoms with van der Waals surface area (Å²) in [5, 5.41) is 8.19. The van der Waals surface area contributed by atoms with Gasteiger partial charge in [-0.15, -0.1) is 10.2 Å². The number of hydrogen-bond acceptors (Lipinski definition) is 7. The predicted octanol–water partition coefficient (Wildman–Crippen LogP) is 2.98. The number of carbonyl (C=O) groups is 1. The largest absolute Gasteiger partial charge is 0.411 e. The standard InChI is InChI=1S/C17H21N3O4S2/c1-3-20(4-2)26(22,23)13-8-5-7-12(11-13)16-18-19-17(24-16)25-15-10-6-9-14(15)21/h5,7-8,11,15H,3-4,6,9-10H2,1-2H3/t15-/m0/s1. The Balaban J connectivity index is 1.84. The van der Waals surface area contributed by atoms with Crippen LogP contribution in [0.1, 0.15) is 33.1 Å². The number of sulfonamides is 1. The molecule has 1 saturated carbocycles. The second-order valence-corrected chi connectivity index (χ2v) is 9.05. The Morgan fingerprint density at radius 3 is 2.69 bits per heavy atom. The minimum atomic E-state index is -3.56. The first kappa shape index (κ1) is 19.1. The molecule has 0 bridgehead atoms. The molecule has 0 N–H and O–H groups in total. The van der Waals surface area contributed by atoms with Crippen LogP contribution in [0.3, 0.4) is 0 Å². The molecule has 1 aliphatic rings. The minimum Gasteiger partial charge on any atom is -0.411 e. The Kier molecular flexibility index (Phi) is 5.79.